The van der Waals surface area contributed by atoms with Gasteiger partial charge in [0.15, 0.2) is 18.1 Å². The highest BCUT2D eigenvalue weighted by Gasteiger charge is 2.12. The highest BCUT2D eigenvalue weighted by molar-refractivity contribution is 5.75. The van der Waals surface area contributed by atoms with Crippen molar-refractivity contribution in [2.24, 2.45) is 0 Å². The molecule has 0 aromatic heterocycles. The van der Waals surface area contributed by atoms with Crippen LogP contribution in [0.15, 0.2) is 36.4 Å². The van der Waals surface area contributed by atoms with Gasteiger partial charge in [0.25, 0.3) is 0 Å². The number of rotatable bonds is 6. The van der Waals surface area contributed by atoms with Gasteiger partial charge in [0.2, 0.25) is 0 Å². The molecule has 2 aromatic rings. The van der Waals surface area contributed by atoms with Gasteiger partial charge in [-0.1, -0.05) is 6.07 Å². The van der Waals surface area contributed by atoms with Gasteiger partial charge in [-0.3, -0.25) is 0 Å². The van der Waals surface area contributed by atoms with E-state index in [1.165, 1.54) is 12.1 Å². The molecular weight excluding hydrogens is 306 g/mol. The van der Waals surface area contributed by atoms with Crippen LogP contribution in [0.2, 0.25) is 0 Å². The molecule has 0 atom stereocenters. The van der Waals surface area contributed by atoms with Crippen molar-refractivity contribution in [1.82, 2.24) is 0 Å². The Balaban J connectivity index is 2.01. The van der Waals surface area contributed by atoms with Crippen LogP contribution in [0.25, 0.3) is 0 Å². The summed E-state index contributed by atoms with van der Waals surface area (Å²) in [6.07, 6.45) is 0. The minimum absolute atomic E-state index is 0.214. The van der Waals surface area contributed by atoms with Crippen molar-refractivity contribution in [3.63, 3.8) is 0 Å². The fourth-order valence-electron chi connectivity index (χ4n) is 2.03. The van der Waals surface area contributed by atoms with Crippen LogP contribution in [0, 0.1) is 25.2 Å². The minimum Gasteiger partial charge on any atom is -0.490 e. The number of carbonyl (C=O) groups is 1. The van der Waals surface area contributed by atoms with E-state index in [0.29, 0.717) is 23.7 Å². The van der Waals surface area contributed by atoms with Gasteiger partial charge in [-0.25, -0.2) is 4.79 Å². The Kier molecular flexibility index (Phi) is 5.80. The molecule has 124 valence electrons. The van der Waals surface area contributed by atoms with E-state index in [4.69, 9.17) is 19.5 Å². The molecule has 0 unspecified atom stereocenters. The Morgan fingerprint density at radius 3 is 2.50 bits per heavy atom. The molecule has 2 rings (SSSR count). The summed E-state index contributed by atoms with van der Waals surface area (Å²) in [7, 11) is 0. The van der Waals surface area contributed by atoms with E-state index in [9.17, 15) is 4.79 Å². The summed E-state index contributed by atoms with van der Waals surface area (Å²) >= 11 is 0. The Hall–Kier alpha value is -3.00. The van der Waals surface area contributed by atoms with Crippen molar-refractivity contribution in [2.75, 3.05) is 13.2 Å². The zero-order valence-corrected chi connectivity index (χ0v) is 14.0. The molecule has 0 fully saturated rings. The van der Waals surface area contributed by atoms with Crippen molar-refractivity contribution in [1.29, 1.82) is 5.26 Å². The average molecular weight is 325 g/mol. The molecule has 24 heavy (non-hydrogen) atoms. The largest absolute Gasteiger partial charge is 0.490 e. The van der Waals surface area contributed by atoms with Gasteiger partial charge in [-0.15, -0.1) is 0 Å². The van der Waals surface area contributed by atoms with Crippen molar-refractivity contribution < 1.29 is 19.0 Å². The number of hydrogen-bond acceptors (Lipinski definition) is 5. The first kappa shape index (κ1) is 17.4. The first-order chi connectivity index (χ1) is 11.5. The lowest BCUT2D eigenvalue weighted by atomic mass is 10.1. The van der Waals surface area contributed by atoms with Crippen molar-refractivity contribution >= 4 is 5.97 Å². The predicted molar refractivity (Wildman–Crippen MR) is 89.4 cm³/mol. The van der Waals surface area contributed by atoms with Crippen LogP contribution in [0.3, 0.4) is 0 Å². The molecule has 0 aliphatic heterocycles. The first-order valence-electron chi connectivity index (χ1n) is 7.61. The summed E-state index contributed by atoms with van der Waals surface area (Å²) in [4.78, 5) is 12.0. The summed E-state index contributed by atoms with van der Waals surface area (Å²) in [5.74, 6) is 0.694. The smallest absolute Gasteiger partial charge is 0.349 e. The van der Waals surface area contributed by atoms with Crippen LogP contribution < -0.4 is 14.2 Å². The molecule has 0 bridgehead atoms. The highest BCUT2D eigenvalue weighted by atomic mass is 16.6. The van der Waals surface area contributed by atoms with Crippen LogP contribution in [0.5, 0.6) is 17.2 Å². The van der Waals surface area contributed by atoms with Crippen LogP contribution in [0.4, 0.5) is 0 Å². The van der Waals surface area contributed by atoms with Gasteiger partial charge in [0.1, 0.15) is 5.75 Å². The van der Waals surface area contributed by atoms with E-state index in [0.717, 1.165) is 11.1 Å². The molecule has 0 radical (unpaired) electrons. The number of aryl methyl sites for hydroxylation is 2. The Bertz CT molecular complexity index is 777. The van der Waals surface area contributed by atoms with Gasteiger partial charge in [0.05, 0.1) is 18.2 Å². The van der Waals surface area contributed by atoms with Crippen molar-refractivity contribution in [3.05, 3.63) is 53.1 Å². The third-order valence-electron chi connectivity index (χ3n) is 3.43. The SMILES string of the molecule is CCOc1cc(C#N)ccc1OC(=O)COc1ccc(C)c(C)c1. The molecule has 0 saturated carbocycles. The molecule has 0 N–H and O–H groups in total. The van der Waals surface area contributed by atoms with E-state index >= 15 is 0 Å². The number of nitrogens with zero attached hydrogens (tertiary/aromatic N) is 1. The third kappa shape index (κ3) is 4.50. The Labute approximate surface area is 141 Å². The summed E-state index contributed by atoms with van der Waals surface area (Å²) in [5.41, 5.74) is 2.68. The average Bonchev–Trinajstić information content (AvgIpc) is 2.57. The second kappa shape index (κ2) is 8.02. The number of esters is 1. The monoisotopic (exact) mass is 325 g/mol. The highest BCUT2D eigenvalue weighted by Crippen LogP contribution is 2.28. The fourth-order valence-corrected chi connectivity index (χ4v) is 2.03. The molecule has 5 nitrogen and oxygen atoms in total. The third-order valence-corrected chi connectivity index (χ3v) is 3.43. The lowest BCUT2D eigenvalue weighted by Gasteiger charge is -2.11. The van der Waals surface area contributed by atoms with E-state index < -0.39 is 5.97 Å². The van der Waals surface area contributed by atoms with Gasteiger partial charge >= 0.3 is 5.97 Å². The lowest BCUT2D eigenvalue weighted by molar-refractivity contribution is -0.136. The summed E-state index contributed by atoms with van der Waals surface area (Å²) < 4.78 is 16.1. The van der Waals surface area contributed by atoms with Crippen molar-refractivity contribution in [3.8, 4) is 23.3 Å². The van der Waals surface area contributed by atoms with Gasteiger partial charge in [-0.05, 0) is 56.2 Å². The summed E-state index contributed by atoms with van der Waals surface area (Å²) in [5, 5.41) is 8.92. The topological polar surface area (TPSA) is 68.5 Å². The number of ether oxygens (including phenoxy) is 3. The molecule has 0 saturated heterocycles. The maximum absolute atomic E-state index is 12.0. The molecule has 0 aliphatic rings. The van der Waals surface area contributed by atoms with E-state index in [1.54, 1.807) is 6.07 Å². The van der Waals surface area contributed by atoms with Gasteiger partial charge in [-0.2, -0.15) is 5.26 Å². The van der Waals surface area contributed by atoms with Gasteiger partial charge < -0.3 is 14.2 Å². The van der Waals surface area contributed by atoms with Gasteiger partial charge in [0, 0.05) is 6.07 Å². The second-order valence-electron chi connectivity index (χ2n) is 5.22. The van der Waals surface area contributed by atoms with E-state index in [2.05, 4.69) is 0 Å². The van der Waals surface area contributed by atoms with Crippen LogP contribution >= 0.6 is 0 Å². The minimum atomic E-state index is -0.543. The van der Waals surface area contributed by atoms with Crippen LogP contribution in [-0.2, 0) is 4.79 Å². The zero-order valence-electron chi connectivity index (χ0n) is 14.0. The Morgan fingerprint density at radius 2 is 1.83 bits per heavy atom. The van der Waals surface area contributed by atoms with E-state index in [1.807, 2.05) is 45.0 Å². The van der Waals surface area contributed by atoms with Crippen LogP contribution in [-0.4, -0.2) is 19.2 Å². The summed E-state index contributed by atoms with van der Waals surface area (Å²) in [6, 6.07) is 12.3. The number of carbonyl (C=O) groups excluding carboxylic acids is 1. The molecule has 2 aromatic carbocycles. The second-order valence-corrected chi connectivity index (χ2v) is 5.22. The fraction of sp³-hybridized carbons (Fsp3) is 0.263. The maximum atomic E-state index is 12.0. The summed E-state index contributed by atoms with van der Waals surface area (Å²) in [6.45, 7) is 5.99. The standard InChI is InChI=1S/C19H19NO4/c1-4-22-18-10-15(11-20)6-8-17(18)24-19(21)12-23-16-7-5-13(2)14(3)9-16/h5-10H,4,12H2,1-3H3. The first-order valence-corrected chi connectivity index (χ1v) is 7.61. The number of hydrogen-bond donors (Lipinski definition) is 0. The molecule has 0 heterocycles. The quantitative estimate of drug-likeness (QED) is 0.600. The zero-order chi connectivity index (χ0) is 17.5. The predicted octanol–water partition coefficient (Wildman–Crippen LogP) is 3.56. The van der Waals surface area contributed by atoms with Crippen LogP contribution in [0.1, 0.15) is 23.6 Å². The van der Waals surface area contributed by atoms with Crippen molar-refractivity contribution in [2.45, 2.75) is 20.8 Å². The lowest BCUT2D eigenvalue weighted by Crippen LogP contribution is -2.18. The number of benzene rings is 2. The van der Waals surface area contributed by atoms with E-state index in [-0.39, 0.29) is 12.4 Å². The number of nitriles is 1. The molecular formula is C19H19NO4. The maximum Gasteiger partial charge on any atom is 0.349 e. The molecule has 0 amide bonds. The Morgan fingerprint density at radius 1 is 1.04 bits per heavy atom. The molecule has 5 heteroatoms. The normalized spacial score (nSPS) is 9.92. The molecule has 0 spiro atoms. The molecule has 0 aliphatic carbocycles.